The molecule has 0 unspecified atom stereocenters. The summed E-state index contributed by atoms with van der Waals surface area (Å²) in [6.45, 7) is 11.1. The summed E-state index contributed by atoms with van der Waals surface area (Å²) < 4.78 is 74.1. The Balaban J connectivity index is 1.72. The zero-order valence-electron chi connectivity index (χ0n) is 19.0. The molecule has 0 N–H and O–H groups in total. The molecule has 0 saturated carbocycles. The van der Waals surface area contributed by atoms with Crippen molar-refractivity contribution in [2.75, 3.05) is 0 Å². The molecule has 34 heavy (non-hydrogen) atoms. The van der Waals surface area contributed by atoms with Crippen molar-refractivity contribution in [3.63, 3.8) is 0 Å². The summed E-state index contributed by atoms with van der Waals surface area (Å²) in [4.78, 5) is 0. The molecule has 0 radical (unpaired) electrons. The Morgan fingerprint density at radius 3 is 2.15 bits per heavy atom. The van der Waals surface area contributed by atoms with Gasteiger partial charge in [0.05, 0.1) is 0 Å². The summed E-state index contributed by atoms with van der Waals surface area (Å²) in [7, 11) is 0. The van der Waals surface area contributed by atoms with Crippen molar-refractivity contribution in [1.82, 2.24) is 0 Å². The van der Waals surface area contributed by atoms with E-state index in [2.05, 4.69) is 13.2 Å². The Labute approximate surface area is 195 Å². The summed E-state index contributed by atoms with van der Waals surface area (Å²) in [5.74, 6) is -5.30. The lowest BCUT2D eigenvalue weighted by Gasteiger charge is -2.12. The van der Waals surface area contributed by atoms with Crippen LogP contribution < -0.4 is 0 Å². The number of hydrogen-bond acceptors (Lipinski definition) is 0. The molecule has 0 aliphatic heterocycles. The topological polar surface area (TPSA) is 0 Å². The Kier molecular flexibility index (Phi) is 6.30. The van der Waals surface area contributed by atoms with Crippen LogP contribution in [-0.2, 0) is 12.8 Å². The van der Waals surface area contributed by atoms with Gasteiger partial charge < -0.3 is 0 Å². The van der Waals surface area contributed by atoms with Gasteiger partial charge in [0.25, 0.3) is 0 Å². The summed E-state index contributed by atoms with van der Waals surface area (Å²) in [6.07, 6.45) is 4.28. The molecule has 0 heterocycles. The first-order valence-electron chi connectivity index (χ1n) is 10.9. The van der Waals surface area contributed by atoms with Crippen LogP contribution in [0.2, 0.25) is 0 Å². The van der Waals surface area contributed by atoms with Gasteiger partial charge in [-0.25, -0.2) is 22.0 Å². The summed E-state index contributed by atoms with van der Waals surface area (Å²) in [5.41, 5.74) is 2.33. The van der Waals surface area contributed by atoms with E-state index in [0.717, 1.165) is 17.2 Å². The van der Waals surface area contributed by atoms with Crippen LogP contribution >= 0.6 is 0 Å². The Hall–Kier alpha value is -3.47. The minimum Gasteiger partial charge on any atom is -0.207 e. The van der Waals surface area contributed by atoms with E-state index >= 15 is 8.78 Å². The first-order valence-corrected chi connectivity index (χ1v) is 10.9. The van der Waals surface area contributed by atoms with E-state index in [-0.39, 0.29) is 40.7 Å². The first kappa shape index (κ1) is 23.7. The van der Waals surface area contributed by atoms with Crippen molar-refractivity contribution in [3.8, 4) is 22.3 Å². The van der Waals surface area contributed by atoms with Gasteiger partial charge in [-0.2, -0.15) is 0 Å². The maximum atomic E-state index is 15.1. The number of aryl methyl sites for hydroxylation is 2. The fraction of sp³-hybridized carbons (Fsp3) is 0.172. The lowest BCUT2D eigenvalue weighted by atomic mass is 9.96. The van der Waals surface area contributed by atoms with Gasteiger partial charge in [0, 0.05) is 16.7 Å². The number of rotatable bonds is 6. The van der Waals surface area contributed by atoms with E-state index in [9.17, 15) is 13.2 Å². The van der Waals surface area contributed by atoms with Crippen LogP contribution in [0.4, 0.5) is 22.0 Å². The largest absolute Gasteiger partial charge is 0.207 e. The molecule has 0 fully saturated rings. The predicted octanol–water partition coefficient (Wildman–Crippen LogP) is 8.55. The third-order valence-electron chi connectivity index (χ3n) is 6.08. The Morgan fingerprint density at radius 1 is 0.853 bits per heavy atom. The van der Waals surface area contributed by atoms with Gasteiger partial charge in [-0.1, -0.05) is 54.7 Å². The van der Waals surface area contributed by atoms with E-state index in [1.165, 1.54) is 24.3 Å². The van der Waals surface area contributed by atoms with Gasteiger partial charge in [-0.15, -0.1) is 0 Å². The average Bonchev–Trinajstić information content (AvgIpc) is 3.16. The number of allylic oxidation sites excluding steroid dienone is 4. The minimum atomic E-state index is -1.27. The van der Waals surface area contributed by atoms with Crippen LogP contribution in [0.25, 0.3) is 22.3 Å². The standard InChI is InChI=1S/C29H23F5/c1-15(2)5-6-16(3)7-9-19-11-20-12-21-13-22(18-10-8-17(4)23(30)14-18)27(32)29(34)25(21)24(20)28(33)26(19)31/h5-6,8,10-11,13-14H,1,3,7,9,12H2,2,4H3/b6-5-. The highest BCUT2D eigenvalue weighted by molar-refractivity contribution is 5.82. The lowest BCUT2D eigenvalue weighted by molar-refractivity contribution is 0.496. The molecule has 1 aliphatic rings. The second kappa shape index (κ2) is 9.05. The van der Waals surface area contributed by atoms with Gasteiger partial charge in [0.15, 0.2) is 23.3 Å². The fourth-order valence-electron chi connectivity index (χ4n) is 4.23. The monoisotopic (exact) mass is 466 g/mol. The highest BCUT2D eigenvalue weighted by Crippen LogP contribution is 2.45. The number of fused-ring (bicyclic) bond motifs is 3. The normalized spacial score (nSPS) is 12.2. The van der Waals surface area contributed by atoms with Crippen LogP contribution in [0, 0.1) is 36.0 Å². The molecule has 0 atom stereocenters. The third-order valence-corrected chi connectivity index (χ3v) is 6.08. The van der Waals surface area contributed by atoms with Gasteiger partial charge in [0.2, 0.25) is 0 Å². The average molecular weight is 466 g/mol. The van der Waals surface area contributed by atoms with Crippen molar-refractivity contribution in [2.24, 2.45) is 0 Å². The van der Waals surface area contributed by atoms with E-state index < -0.39 is 29.1 Å². The molecular weight excluding hydrogens is 443 g/mol. The first-order chi connectivity index (χ1) is 16.1. The van der Waals surface area contributed by atoms with Crippen LogP contribution in [0.5, 0.6) is 0 Å². The molecule has 0 bridgehead atoms. The molecule has 174 valence electrons. The highest BCUT2D eigenvalue weighted by Gasteiger charge is 2.32. The van der Waals surface area contributed by atoms with E-state index in [0.29, 0.717) is 23.1 Å². The predicted molar refractivity (Wildman–Crippen MR) is 126 cm³/mol. The summed E-state index contributed by atoms with van der Waals surface area (Å²) in [5, 5.41) is 0. The number of halogens is 5. The molecular formula is C29H23F5. The Bertz CT molecular complexity index is 1380. The Morgan fingerprint density at radius 2 is 1.50 bits per heavy atom. The van der Waals surface area contributed by atoms with Gasteiger partial charge in [-0.05, 0) is 73.1 Å². The van der Waals surface area contributed by atoms with Crippen LogP contribution in [0.3, 0.4) is 0 Å². The molecule has 3 aromatic carbocycles. The SMILES string of the molecule is C=C(C)/C=C\C(=C)CCc1cc2c(c(F)c1F)-c1c(cc(-c3ccc(C)c(F)c3)c(F)c1F)C2. The molecule has 0 spiro atoms. The molecule has 0 nitrogen and oxygen atoms in total. The molecule has 5 heteroatoms. The second-order valence-corrected chi connectivity index (χ2v) is 8.76. The lowest BCUT2D eigenvalue weighted by Crippen LogP contribution is -2.01. The molecule has 0 amide bonds. The zero-order valence-corrected chi connectivity index (χ0v) is 19.0. The number of hydrogen-bond donors (Lipinski definition) is 0. The zero-order chi connectivity index (χ0) is 24.7. The van der Waals surface area contributed by atoms with Crippen molar-refractivity contribution < 1.29 is 22.0 Å². The van der Waals surface area contributed by atoms with E-state index in [4.69, 9.17) is 0 Å². The van der Waals surface area contributed by atoms with Gasteiger partial charge in [-0.3, -0.25) is 0 Å². The highest BCUT2D eigenvalue weighted by atomic mass is 19.2. The minimum absolute atomic E-state index is 0.115. The van der Waals surface area contributed by atoms with E-state index in [1.54, 1.807) is 19.1 Å². The summed E-state index contributed by atoms with van der Waals surface area (Å²) in [6, 6.07) is 7.00. The maximum Gasteiger partial charge on any atom is 0.167 e. The van der Waals surface area contributed by atoms with Gasteiger partial charge in [0.1, 0.15) is 5.82 Å². The van der Waals surface area contributed by atoms with Crippen molar-refractivity contribution >= 4 is 0 Å². The van der Waals surface area contributed by atoms with Crippen LogP contribution in [0.15, 0.2) is 66.8 Å². The van der Waals surface area contributed by atoms with Crippen LogP contribution in [-0.4, -0.2) is 0 Å². The van der Waals surface area contributed by atoms with Crippen molar-refractivity contribution in [1.29, 1.82) is 0 Å². The van der Waals surface area contributed by atoms with Crippen molar-refractivity contribution in [3.05, 3.63) is 118 Å². The molecule has 1 aliphatic carbocycles. The third kappa shape index (κ3) is 4.23. The second-order valence-electron chi connectivity index (χ2n) is 8.76. The fourth-order valence-corrected chi connectivity index (χ4v) is 4.23. The van der Waals surface area contributed by atoms with Gasteiger partial charge >= 0.3 is 0 Å². The van der Waals surface area contributed by atoms with Crippen LogP contribution in [0.1, 0.15) is 35.6 Å². The molecule has 4 rings (SSSR count). The molecule has 3 aromatic rings. The summed E-state index contributed by atoms with van der Waals surface area (Å²) >= 11 is 0. The molecule has 0 aromatic heterocycles. The molecule has 0 saturated heterocycles. The maximum absolute atomic E-state index is 15.1. The smallest absolute Gasteiger partial charge is 0.167 e. The van der Waals surface area contributed by atoms with Crippen molar-refractivity contribution in [2.45, 2.75) is 33.1 Å². The van der Waals surface area contributed by atoms with E-state index in [1.807, 2.05) is 6.92 Å². The quantitative estimate of drug-likeness (QED) is 0.197. The number of benzene rings is 3.